The van der Waals surface area contributed by atoms with Gasteiger partial charge >= 0.3 is 6.03 Å². The second-order valence-electron chi connectivity index (χ2n) is 5.49. The van der Waals surface area contributed by atoms with Gasteiger partial charge in [-0.25, -0.2) is 4.79 Å². The third-order valence-corrected chi connectivity index (χ3v) is 4.22. The molecule has 0 heterocycles. The number of carbonyl (C=O) groups is 1. The Kier molecular flexibility index (Phi) is 4.66. The van der Waals surface area contributed by atoms with Crippen molar-refractivity contribution in [3.05, 3.63) is 0 Å². The molecule has 0 aromatic heterocycles. The van der Waals surface area contributed by atoms with Gasteiger partial charge in [0.15, 0.2) is 0 Å². The van der Waals surface area contributed by atoms with Gasteiger partial charge in [-0.1, -0.05) is 25.7 Å². The zero-order chi connectivity index (χ0) is 12.1. The zero-order valence-corrected chi connectivity index (χ0v) is 10.6. The number of carbonyl (C=O) groups excluding carboxylic acids is 1. The maximum atomic E-state index is 11.9. The minimum atomic E-state index is 0.0160. The topological polar surface area (TPSA) is 67.1 Å². The lowest BCUT2D eigenvalue weighted by molar-refractivity contribution is 0.225. The lowest BCUT2D eigenvalue weighted by Gasteiger charge is -2.25. The predicted molar refractivity (Wildman–Crippen MR) is 68.7 cm³/mol. The maximum absolute atomic E-state index is 11.9. The van der Waals surface area contributed by atoms with Gasteiger partial charge in [-0.15, -0.1) is 0 Å². The van der Waals surface area contributed by atoms with Crippen LogP contribution in [0.4, 0.5) is 4.79 Å². The van der Waals surface area contributed by atoms with E-state index in [0.29, 0.717) is 24.5 Å². The van der Waals surface area contributed by atoms with Gasteiger partial charge in [-0.2, -0.15) is 0 Å². The number of urea groups is 1. The van der Waals surface area contributed by atoms with Crippen molar-refractivity contribution in [3.8, 4) is 0 Å². The van der Waals surface area contributed by atoms with E-state index in [1.165, 1.54) is 25.7 Å². The number of hydrogen-bond donors (Lipinski definition) is 3. The fourth-order valence-corrected chi connectivity index (χ4v) is 3.15. The van der Waals surface area contributed by atoms with Gasteiger partial charge in [0.1, 0.15) is 0 Å². The molecule has 0 radical (unpaired) electrons. The molecular formula is C13H25N3O. The van der Waals surface area contributed by atoms with Crippen LogP contribution in [0, 0.1) is 5.92 Å². The van der Waals surface area contributed by atoms with E-state index in [0.717, 1.165) is 25.7 Å². The fraction of sp³-hybridized carbons (Fsp3) is 0.923. The first-order chi connectivity index (χ1) is 8.29. The molecule has 0 aromatic rings. The van der Waals surface area contributed by atoms with Crippen molar-refractivity contribution in [2.75, 3.05) is 6.54 Å². The minimum absolute atomic E-state index is 0.0160. The van der Waals surface area contributed by atoms with E-state index in [2.05, 4.69) is 10.6 Å². The summed E-state index contributed by atoms with van der Waals surface area (Å²) >= 11 is 0. The number of hydrogen-bond acceptors (Lipinski definition) is 2. The van der Waals surface area contributed by atoms with Crippen molar-refractivity contribution in [2.45, 2.75) is 63.5 Å². The van der Waals surface area contributed by atoms with E-state index in [-0.39, 0.29) is 6.03 Å². The zero-order valence-electron chi connectivity index (χ0n) is 10.6. The Morgan fingerprint density at radius 2 is 1.76 bits per heavy atom. The Bertz CT molecular complexity index is 251. The van der Waals surface area contributed by atoms with Crippen LogP contribution >= 0.6 is 0 Å². The van der Waals surface area contributed by atoms with Crippen LogP contribution in [0.3, 0.4) is 0 Å². The normalized spacial score (nSPS) is 30.2. The van der Waals surface area contributed by atoms with Crippen LogP contribution in [-0.2, 0) is 0 Å². The first-order valence-electron chi connectivity index (χ1n) is 7.06. The monoisotopic (exact) mass is 239 g/mol. The van der Waals surface area contributed by atoms with Gasteiger partial charge in [0.05, 0.1) is 0 Å². The minimum Gasteiger partial charge on any atom is -0.335 e. The molecule has 4 nitrogen and oxygen atoms in total. The van der Waals surface area contributed by atoms with Crippen molar-refractivity contribution < 1.29 is 4.79 Å². The van der Waals surface area contributed by atoms with Crippen molar-refractivity contribution in [2.24, 2.45) is 11.7 Å². The van der Waals surface area contributed by atoms with Crippen LogP contribution in [0.15, 0.2) is 0 Å². The molecule has 0 spiro atoms. The summed E-state index contributed by atoms with van der Waals surface area (Å²) in [6.07, 6.45) is 9.52. The van der Waals surface area contributed by atoms with Crippen molar-refractivity contribution in [3.63, 3.8) is 0 Å². The molecule has 2 unspecified atom stereocenters. The molecule has 0 bridgehead atoms. The molecule has 2 atom stereocenters. The summed E-state index contributed by atoms with van der Waals surface area (Å²) in [5.41, 5.74) is 5.71. The molecule has 4 N–H and O–H groups in total. The second-order valence-corrected chi connectivity index (χ2v) is 5.49. The number of nitrogens with one attached hydrogen (secondary N) is 2. The Morgan fingerprint density at radius 3 is 2.47 bits per heavy atom. The third-order valence-electron chi connectivity index (χ3n) is 4.22. The molecule has 0 aliphatic heterocycles. The summed E-state index contributed by atoms with van der Waals surface area (Å²) in [6, 6.07) is 0.701. The van der Waals surface area contributed by atoms with E-state index in [4.69, 9.17) is 5.73 Å². The molecule has 2 aliphatic rings. The van der Waals surface area contributed by atoms with Gasteiger partial charge in [0.25, 0.3) is 0 Å². The third kappa shape index (κ3) is 3.60. The van der Waals surface area contributed by atoms with Crippen molar-refractivity contribution >= 4 is 6.03 Å². The highest BCUT2D eigenvalue weighted by Crippen LogP contribution is 2.24. The summed E-state index contributed by atoms with van der Waals surface area (Å²) in [6.45, 7) is 0.689. The number of nitrogens with two attached hydrogens (primary N) is 1. The highest BCUT2D eigenvalue weighted by molar-refractivity contribution is 5.74. The smallest absolute Gasteiger partial charge is 0.315 e. The SMILES string of the molecule is NCC1CCCC1NC(=O)NC1CCCCC1. The number of amides is 2. The van der Waals surface area contributed by atoms with Crippen LogP contribution in [0.1, 0.15) is 51.4 Å². The molecule has 2 aliphatic carbocycles. The summed E-state index contributed by atoms with van der Waals surface area (Å²) in [5.74, 6) is 0.479. The van der Waals surface area contributed by atoms with Gasteiger partial charge < -0.3 is 16.4 Å². The molecule has 2 amide bonds. The van der Waals surface area contributed by atoms with E-state index in [9.17, 15) is 4.79 Å². The van der Waals surface area contributed by atoms with Crippen LogP contribution in [0.2, 0.25) is 0 Å². The molecule has 2 rings (SSSR count). The van der Waals surface area contributed by atoms with Gasteiger partial charge in [0.2, 0.25) is 0 Å². The first-order valence-corrected chi connectivity index (χ1v) is 7.06. The van der Waals surface area contributed by atoms with E-state index in [1.54, 1.807) is 0 Å². The van der Waals surface area contributed by atoms with E-state index >= 15 is 0 Å². The average Bonchev–Trinajstić information content (AvgIpc) is 2.77. The molecule has 98 valence electrons. The maximum Gasteiger partial charge on any atom is 0.315 e. The molecule has 2 fully saturated rings. The van der Waals surface area contributed by atoms with Crippen molar-refractivity contribution in [1.82, 2.24) is 10.6 Å². The van der Waals surface area contributed by atoms with Crippen LogP contribution in [0.5, 0.6) is 0 Å². The quantitative estimate of drug-likeness (QED) is 0.702. The average molecular weight is 239 g/mol. The van der Waals surface area contributed by atoms with Gasteiger partial charge in [-0.3, -0.25) is 0 Å². The van der Waals surface area contributed by atoms with Gasteiger partial charge in [-0.05, 0) is 38.1 Å². The summed E-state index contributed by atoms with van der Waals surface area (Å²) in [4.78, 5) is 11.9. The Hall–Kier alpha value is -0.770. The highest BCUT2D eigenvalue weighted by atomic mass is 16.2. The predicted octanol–water partition coefficient (Wildman–Crippen LogP) is 1.75. The standard InChI is InChI=1S/C13H25N3O/c14-9-10-5-4-8-12(10)16-13(17)15-11-6-2-1-3-7-11/h10-12H,1-9,14H2,(H2,15,16,17). The number of rotatable bonds is 3. The molecule has 0 saturated heterocycles. The van der Waals surface area contributed by atoms with Crippen molar-refractivity contribution in [1.29, 1.82) is 0 Å². The Labute approximate surface area is 104 Å². The van der Waals surface area contributed by atoms with Crippen LogP contribution in [-0.4, -0.2) is 24.7 Å². The Morgan fingerprint density at radius 1 is 1.00 bits per heavy atom. The van der Waals surface area contributed by atoms with Crippen LogP contribution < -0.4 is 16.4 Å². The van der Waals surface area contributed by atoms with Crippen LogP contribution in [0.25, 0.3) is 0 Å². The summed E-state index contributed by atoms with van der Waals surface area (Å²) < 4.78 is 0. The lowest BCUT2D eigenvalue weighted by Crippen LogP contribution is -2.48. The van der Waals surface area contributed by atoms with E-state index < -0.39 is 0 Å². The molecule has 17 heavy (non-hydrogen) atoms. The largest absolute Gasteiger partial charge is 0.335 e. The lowest BCUT2D eigenvalue weighted by atomic mass is 9.96. The highest BCUT2D eigenvalue weighted by Gasteiger charge is 2.27. The second kappa shape index (κ2) is 6.24. The summed E-state index contributed by atoms with van der Waals surface area (Å²) in [5, 5.41) is 6.20. The molecule has 4 heteroatoms. The fourth-order valence-electron chi connectivity index (χ4n) is 3.15. The first kappa shape index (κ1) is 12.7. The summed E-state index contributed by atoms with van der Waals surface area (Å²) in [7, 11) is 0. The van der Waals surface area contributed by atoms with Gasteiger partial charge in [0, 0.05) is 12.1 Å². The molecule has 2 saturated carbocycles. The molecular weight excluding hydrogens is 214 g/mol. The van der Waals surface area contributed by atoms with E-state index in [1.807, 2.05) is 0 Å². The Balaban J connectivity index is 1.72. The molecule has 0 aromatic carbocycles.